The maximum atomic E-state index is 6.44. The van der Waals surface area contributed by atoms with Crippen molar-refractivity contribution in [2.75, 3.05) is 4.90 Å². The van der Waals surface area contributed by atoms with Gasteiger partial charge in [0.15, 0.2) is 0 Å². The molecule has 0 bridgehead atoms. The molecular weight excluding hydrogens is 474 g/mol. The minimum absolute atomic E-state index is 0.0595. The molecule has 0 aliphatic heterocycles. The molecule has 186 valence electrons. The quantitative estimate of drug-likeness (QED) is 0.239. The van der Waals surface area contributed by atoms with Gasteiger partial charge in [0.1, 0.15) is 11.2 Å². The molecule has 1 aliphatic carbocycles. The SMILES string of the molecule is CC1(C)c2ccccc2-c2c(N(c3ccccc3)c3ccc4oc5c6ccccc6ccc5c4c3)cccc21. The molecular formula is C37H27NO. The highest BCUT2D eigenvalue weighted by Gasteiger charge is 2.37. The van der Waals surface area contributed by atoms with Crippen molar-refractivity contribution in [1.82, 2.24) is 0 Å². The summed E-state index contributed by atoms with van der Waals surface area (Å²) < 4.78 is 6.44. The van der Waals surface area contributed by atoms with Crippen LogP contribution in [-0.2, 0) is 5.41 Å². The third-order valence-electron chi connectivity index (χ3n) is 8.44. The van der Waals surface area contributed by atoms with Crippen molar-refractivity contribution in [2.24, 2.45) is 0 Å². The van der Waals surface area contributed by atoms with Gasteiger partial charge in [-0.05, 0) is 64.5 Å². The van der Waals surface area contributed by atoms with Gasteiger partial charge in [0.25, 0.3) is 0 Å². The molecule has 0 saturated carbocycles. The first kappa shape index (κ1) is 22.2. The Kier molecular flexibility index (Phi) is 4.60. The molecule has 0 amide bonds. The average molecular weight is 502 g/mol. The van der Waals surface area contributed by atoms with Gasteiger partial charge in [-0.1, -0.05) is 98.8 Å². The van der Waals surface area contributed by atoms with E-state index in [1.807, 2.05) is 0 Å². The monoisotopic (exact) mass is 501 g/mol. The topological polar surface area (TPSA) is 16.4 Å². The van der Waals surface area contributed by atoms with Crippen LogP contribution in [0, 0.1) is 0 Å². The Morgan fingerprint density at radius 2 is 1.33 bits per heavy atom. The summed E-state index contributed by atoms with van der Waals surface area (Å²) in [7, 11) is 0. The van der Waals surface area contributed by atoms with E-state index in [4.69, 9.17) is 4.42 Å². The van der Waals surface area contributed by atoms with Crippen LogP contribution < -0.4 is 4.90 Å². The summed E-state index contributed by atoms with van der Waals surface area (Å²) in [5.74, 6) is 0. The highest BCUT2D eigenvalue weighted by atomic mass is 16.3. The van der Waals surface area contributed by atoms with E-state index >= 15 is 0 Å². The van der Waals surface area contributed by atoms with Crippen molar-refractivity contribution in [3.05, 3.63) is 139 Å². The molecule has 1 aliphatic rings. The normalized spacial score (nSPS) is 13.6. The number of anilines is 3. The van der Waals surface area contributed by atoms with Gasteiger partial charge < -0.3 is 9.32 Å². The summed E-state index contributed by atoms with van der Waals surface area (Å²) in [4.78, 5) is 2.40. The van der Waals surface area contributed by atoms with Crippen molar-refractivity contribution in [3.63, 3.8) is 0 Å². The van der Waals surface area contributed by atoms with E-state index in [2.05, 4.69) is 146 Å². The van der Waals surface area contributed by atoms with Crippen molar-refractivity contribution in [2.45, 2.75) is 19.3 Å². The number of hydrogen-bond donors (Lipinski definition) is 0. The predicted octanol–water partition coefficient (Wildman–Crippen LogP) is 10.5. The standard InChI is InChI=1S/C37H27NO/c1-37(2)31-16-9-8-15-29(31)35-32(37)17-10-18-33(35)38(25-12-4-3-5-13-25)26-20-22-34-30(23-26)28-21-19-24-11-6-7-14-27(24)36(28)39-34/h3-23H,1-2H3. The maximum Gasteiger partial charge on any atom is 0.143 e. The third kappa shape index (κ3) is 3.15. The van der Waals surface area contributed by atoms with E-state index in [0.29, 0.717) is 0 Å². The number of furan rings is 1. The zero-order valence-corrected chi connectivity index (χ0v) is 22.0. The first-order valence-corrected chi connectivity index (χ1v) is 13.5. The summed E-state index contributed by atoms with van der Waals surface area (Å²) in [6, 6.07) is 45.7. The summed E-state index contributed by atoms with van der Waals surface area (Å²) in [6.07, 6.45) is 0. The maximum absolute atomic E-state index is 6.44. The van der Waals surface area contributed by atoms with E-state index in [-0.39, 0.29) is 5.41 Å². The van der Waals surface area contributed by atoms with E-state index in [1.165, 1.54) is 33.3 Å². The molecule has 0 saturated heterocycles. The Morgan fingerprint density at radius 3 is 2.23 bits per heavy atom. The van der Waals surface area contributed by atoms with Crippen molar-refractivity contribution in [3.8, 4) is 11.1 Å². The summed E-state index contributed by atoms with van der Waals surface area (Å²) in [5, 5.41) is 4.61. The van der Waals surface area contributed by atoms with Gasteiger partial charge in [0.2, 0.25) is 0 Å². The molecule has 1 aromatic heterocycles. The molecule has 6 aromatic carbocycles. The summed E-state index contributed by atoms with van der Waals surface area (Å²) in [5.41, 5.74) is 10.6. The first-order valence-electron chi connectivity index (χ1n) is 13.5. The van der Waals surface area contributed by atoms with Gasteiger partial charge in [-0.15, -0.1) is 0 Å². The lowest BCUT2D eigenvalue weighted by Gasteiger charge is -2.28. The van der Waals surface area contributed by atoms with Crippen molar-refractivity contribution < 1.29 is 4.42 Å². The highest BCUT2D eigenvalue weighted by molar-refractivity contribution is 6.15. The molecule has 0 spiro atoms. The van der Waals surface area contributed by atoms with Gasteiger partial charge in [0, 0.05) is 38.5 Å². The van der Waals surface area contributed by atoms with Crippen LogP contribution in [0.2, 0.25) is 0 Å². The summed E-state index contributed by atoms with van der Waals surface area (Å²) >= 11 is 0. The van der Waals surface area contributed by atoms with Gasteiger partial charge >= 0.3 is 0 Å². The molecule has 2 nitrogen and oxygen atoms in total. The van der Waals surface area contributed by atoms with Crippen LogP contribution in [0.5, 0.6) is 0 Å². The zero-order chi connectivity index (χ0) is 26.1. The first-order chi connectivity index (χ1) is 19.1. The number of rotatable bonds is 3. The molecule has 2 heteroatoms. The lowest BCUT2D eigenvalue weighted by Crippen LogP contribution is -2.16. The molecule has 0 radical (unpaired) electrons. The predicted molar refractivity (Wildman–Crippen MR) is 163 cm³/mol. The van der Waals surface area contributed by atoms with Gasteiger partial charge in [-0.25, -0.2) is 0 Å². The Labute approximate surface area is 227 Å². The molecule has 0 N–H and O–H groups in total. The van der Waals surface area contributed by atoms with E-state index in [0.717, 1.165) is 38.7 Å². The smallest absolute Gasteiger partial charge is 0.143 e. The zero-order valence-electron chi connectivity index (χ0n) is 22.0. The van der Waals surface area contributed by atoms with Crippen molar-refractivity contribution >= 4 is 49.8 Å². The van der Waals surface area contributed by atoms with Crippen molar-refractivity contribution in [1.29, 1.82) is 0 Å². The minimum Gasteiger partial charge on any atom is -0.455 e. The number of benzene rings is 6. The highest BCUT2D eigenvalue weighted by Crippen LogP contribution is 2.54. The molecule has 1 heterocycles. The van der Waals surface area contributed by atoms with Crippen LogP contribution in [0.15, 0.2) is 132 Å². The lowest BCUT2D eigenvalue weighted by atomic mass is 9.82. The fraction of sp³-hybridized carbons (Fsp3) is 0.0811. The largest absolute Gasteiger partial charge is 0.455 e. The Hall–Kier alpha value is -4.82. The number of fused-ring (bicyclic) bond motifs is 8. The third-order valence-corrected chi connectivity index (χ3v) is 8.44. The Balaban J connectivity index is 1.41. The van der Waals surface area contributed by atoms with Crippen LogP contribution in [0.4, 0.5) is 17.1 Å². The van der Waals surface area contributed by atoms with E-state index in [1.54, 1.807) is 0 Å². The Morgan fingerprint density at radius 1 is 0.564 bits per heavy atom. The minimum atomic E-state index is -0.0595. The fourth-order valence-corrected chi connectivity index (χ4v) is 6.56. The van der Waals surface area contributed by atoms with Crippen LogP contribution >= 0.6 is 0 Å². The second-order valence-corrected chi connectivity index (χ2v) is 11.0. The summed E-state index contributed by atoms with van der Waals surface area (Å²) in [6.45, 7) is 4.67. The van der Waals surface area contributed by atoms with Gasteiger partial charge in [-0.2, -0.15) is 0 Å². The van der Waals surface area contributed by atoms with Gasteiger partial charge in [0.05, 0.1) is 5.69 Å². The Bertz CT molecular complexity index is 2050. The average Bonchev–Trinajstić information content (AvgIpc) is 3.47. The second kappa shape index (κ2) is 8.09. The number of para-hydroxylation sites is 1. The molecule has 8 rings (SSSR count). The molecule has 39 heavy (non-hydrogen) atoms. The number of nitrogens with zero attached hydrogens (tertiary/aromatic N) is 1. The molecule has 0 unspecified atom stereocenters. The number of hydrogen-bond acceptors (Lipinski definition) is 2. The van der Waals surface area contributed by atoms with E-state index < -0.39 is 0 Å². The van der Waals surface area contributed by atoms with Crippen LogP contribution in [0.1, 0.15) is 25.0 Å². The lowest BCUT2D eigenvalue weighted by molar-refractivity contribution is 0.660. The second-order valence-electron chi connectivity index (χ2n) is 11.0. The molecule has 0 atom stereocenters. The van der Waals surface area contributed by atoms with Crippen LogP contribution in [-0.4, -0.2) is 0 Å². The van der Waals surface area contributed by atoms with Crippen LogP contribution in [0.3, 0.4) is 0 Å². The van der Waals surface area contributed by atoms with E-state index in [9.17, 15) is 0 Å². The molecule has 0 fully saturated rings. The van der Waals surface area contributed by atoms with Crippen LogP contribution in [0.25, 0.3) is 43.8 Å². The fourth-order valence-electron chi connectivity index (χ4n) is 6.56. The van der Waals surface area contributed by atoms with Gasteiger partial charge in [-0.3, -0.25) is 0 Å². The molecule has 7 aromatic rings.